The molecule has 0 fully saturated rings. The maximum absolute atomic E-state index is 12.2. The Bertz CT molecular complexity index is 1010. The van der Waals surface area contributed by atoms with Crippen LogP contribution in [0, 0.1) is 17.0 Å². The first-order valence-electron chi connectivity index (χ1n) is 7.24. The molecule has 0 aliphatic heterocycles. The Morgan fingerprint density at radius 1 is 1.28 bits per heavy atom. The van der Waals surface area contributed by atoms with Gasteiger partial charge in [0.2, 0.25) is 0 Å². The molecule has 0 saturated heterocycles. The third kappa shape index (κ3) is 3.18. The molecule has 0 aliphatic rings. The Hall–Kier alpha value is -3.68. The van der Waals surface area contributed by atoms with Gasteiger partial charge >= 0.3 is 5.91 Å². The van der Waals surface area contributed by atoms with E-state index in [9.17, 15) is 20.0 Å². The molecule has 0 bridgehead atoms. The minimum absolute atomic E-state index is 0.138. The number of nitrogens with one attached hydrogen (secondary N) is 1. The molecule has 8 heteroatoms. The largest absolute Gasteiger partial charge is 0.868 e. The number of nitro benzene ring substituents is 1. The average molecular weight is 338 g/mol. The molecule has 1 heterocycles. The SMILES string of the molecule is Cc1c(C(=O)N/N=C\c2ccc([O-])c([N+](=O)[O-])c2)oc2ccccc12. The predicted molar refractivity (Wildman–Crippen MR) is 88.6 cm³/mol. The Morgan fingerprint density at radius 3 is 2.76 bits per heavy atom. The summed E-state index contributed by atoms with van der Waals surface area (Å²) in [5.74, 6) is -1.09. The quantitative estimate of drug-likeness (QED) is 0.445. The lowest BCUT2D eigenvalue weighted by Gasteiger charge is -2.05. The number of aryl methyl sites for hydroxylation is 1. The first kappa shape index (κ1) is 16.2. The highest BCUT2D eigenvalue weighted by Crippen LogP contribution is 2.25. The molecule has 0 saturated carbocycles. The number of hydrogen-bond donors (Lipinski definition) is 1. The zero-order valence-electron chi connectivity index (χ0n) is 13.1. The summed E-state index contributed by atoms with van der Waals surface area (Å²) in [5.41, 5.74) is 3.34. The molecule has 3 rings (SSSR count). The van der Waals surface area contributed by atoms with Gasteiger partial charge < -0.3 is 9.52 Å². The molecule has 8 nitrogen and oxygen atoms in total. The van der Waals surface area contributed by atoms with E-state index < -0.39 is 22.3 Å². The van der Waals surface area contributed by atoms with Gasteiger partial charge in [-0.2, -0.15) is 5.10 Å². The highest BCUT2D eigenvalue weighted by atomic mass is 16.6. The topological polar surface area (TPSA) is 121 Å². The van der Waals surface area contributed by atoms with Crippen LogP contribution in [-0.2, 0) is 0 Å². The maximum atomic E-state index is 12.2. The van der Waals surface area contributed by atoms with Crippen molar-refractivity contribution in [2.24, 2.45) is 5.10 Å². The van der Waals surface area contributed by atoms with Crippen molar-refractivity contribution in [1.29, 1.82) is 0 Å². The van der Waals surface area contributed by atoms with Crippen LogP contribution >= 0.6 is 0 Å². The highest BCUT2D eigenvalue weighted by molar-refractivity contribution is 5.99. The Labute approximate surface area is 141 Å². The molecular formula is C17H12N3O5-. The van der Waals surface area contributed by atoms with Crippen LogP contribution in [-0.4, -0.2) is 17.0 Å². The van der Waals surface area contributed by atoms with Crippen LogP contribution in [0.25, 0.3) is 11.0 Å². The Balaban J connectivity index is 1.77. The van der Waals surface area contributed by atoms with Crippen LogP contribution in [0.4, 0.5) is 5.69 Å². The lowest BCUT2D eigenvalue weighted by molar-refractivity contribution is -0.398. The number of rotatable bonds is 4. The van der Waals surface area contributed by atoms with Crippen molar-refractivity contribution in [2.45, 2.75) is 6.92 Å². The summed E-state index contributed by atoms with van der Waals surface area (Å²) in [6.07, 6.45) is 1.21. The van der Waals surface area contributed by atoms with Crippen LogP contribution in [0.1, 0.15) is 21.7 Å². The predicted octanol–water partition coefficient (Wildman–Crippen LogP) is 2.49. The van der Waals surface area contributed by atoms with Crippen molar-refractivity contribution < 1.29 is 19.2 Å². The molecule has 0 atom stereocenters. The number of hydrazone groups is 1. The fourth-order valence-corrected chi connectivity index (χ4v) is 2.36. The second-order valence-corrected chi connectivity index (χ2v) is 5.24. The normalized spacial score (nSPS) is 11.1. The molecular weight excluding hydrogens is 326 g/mol. The number of nitrogens with zero attached hydrogens (tertiary/aromatic N) is 2. The molecule has 1 amide bonds. The molecule has 25 heavy (non-hydrogen) atoms. The van der Waals surface area contributed by atoms with Gasteiger partial charge in [-0.05, 0) is 18.7 Å². The zero-order valence-corrected chi connectivity index (χ0v) is 13.1. The second-order valence-electron chi connectivity index (χ2n) is 5.24. The molecule has 3 aromatic rings. The van der Waals surface area contributed by atoms with E-state index in [-0.39, 0.29) is 5.76 Å². The molecule has 0 radical (unpaired) electrons. The lowest BCUT2D eigenvalue weighted by atomic mass is 10.1. The first-order chi connectivity index (χ1) is 12.0. The van der Waals surface area contributed by atoms with Crippen molar-refractivity contribution in [3.63, 3.8) is 0 Å². The first-order valence-corrected chi connectivity index (χ1v) is 7.24. The van der Waals surface area contributed by atoms with Crippen LogP contribution in [0.3, 0.4) is 0 Å². The number of fused-ring (bicyclic) bond motifs is 1. The number of hydrogen-bond acceptors (Lipinski definition) is 6. The van der Waals surface area contributed by atoms with E-state index in [1.165, 1.54) is 12.3 Å². The Kier molecular flexibility index (Phi) is 4.17. The number of nitro groups is 1. The monoisotopic (exact) mass is 338 g/mol. The number of carbonyl (C=O) groups excluding carboxylic acids is 1. The van der Waals surface area contributed by atoms with Crippen molar-refractivity contribution in [1.82, 2.24) is 5.43 Å². The summed E-state index contributed by atoms with van der Waals surface area (Å²) in [6, 6.07) is 10.8. The second kappa shape index (κ2) is 6.44. The summed E-state index contributed by atoms with van der Waals surface area (Å²) in [4.78, 5) is 22.2. The van der Waals surface area contributed by atoms with Crippen molar-refractivity contribution in [2.75, 3.05) is 0 Å². The average Bonchev–Trinajstić information content (AvgIpc) is 2.93. The van der Waals surface area contributed by atoms with Crippen molar-refractivity contribution >= 4 is 28.8 Å². The summed E-state index contributed by atoms with van der Waals surface area (Å²) >= 11 is 0. The highest BCUT2D eigenvalue weighted by Gasteiger charge is 2.16. The summed E-state index contributed by atoms with van der Waals surface area (Å²) in [5, 5.41) is 26.7. The minimum atomic E-state index is -0.768. The van der Waals surface area contributed by atoms with E-state index in [1.807, 2.05) is 12.1 Å². The molecule has 1 N–H and O–H groups in total. The maximum Gasteiger partial charge on any atom is 0.307 e. The van der Waals surface area contributed by atoms with Crippen molar-refractivity contribution in [3.05, 3.63) is 69.5 Å². The van der Waals surface area contributed by atoms with Gasteiger partial charge in [-0.3, -0.25) is 14.9 Å². The van der Waals surface area contributed by atoms with E-state index in [0.29, 0.717) is 16.7 Å². The van der Waals surface area contributed by atoms with E-state index in [0.717, 1.165) is 17.5 Å². The zero-order chi connectivity index (χ0) is 18.0. The molecule has 126 valence electrons. The van der Waals surface area contributed by atoms with Crippen LogP contribution < -0.4 is 10.5 Å². The van der Waals surface area contributed by atoms with E-state index in [4.69, 9.17) is 4.42 Å². The van der Waals surface area contributed by atoms with Crippen LogP contribution in [0.5, 0.6) is 5.75 Å². The van der Waals surface area contributed by atoms with Gasteiger partial charge in [0.15, 0.2) is 5.76 Å². The molecule has 0 spiro atoms. The number of furan rings is 1. The molecule has 0 unspecified atom stereocenters. The van der Waals surface area contributed by atoms with E-state index >= 15 is 0 Å². The smallest absolute Gasteiger partial charge is 0.307 e. The summed E-state index contributed by atoms with van der Waals surface area (Å²) < 4.78 is 5.51. The van der Waals surface area contributed by atoms with Gasteiger partial charge in [-0.1, -0.05) is 30.3 Å². The number of benzene rings is 2. The molecule has 0 aliphatic carbocycles. The number of para-hydroxylation sites is 1. The minimum Gasteiger partial charge on any atom is -0.868 e. The fourth-order valence-electron chi connectivity index (χ4n) is 2.36. The summed E-state index contributed by atoms with van der Waals surface area (Å²) in [6.45, 7) is 1.76. The van der Waals surface area contributed by atoms with Gasteiger partial charge in [-0.25, -0.2) is 5.43 Å². The van der Waals surface area contributed by atoms with Gasteiger partial charge in [0, 0.05) is 22.6 Å². The Morgan fingerprint density at radius 2 is 2.04 bits per heavy atom. The van der Waals surface area contributed by atoms with Gasteiger partial charge in [-0.15, -0.1) is 0 Å². The number of carbonyl (C=O) groups is 1. The van der Waals surface area contributed by atoms with E-state index in [2.05, 4.69) is 10.5 Å². The number of amides is 1. The molecule has 2 aromatic carbocycles. The van der Waals surface area contributed by atoms with Gasteiger partial charge in [0.25, 0.3) is 5.69 Å². The third-order valence-electron chi connectivity index (χ3n) is 3.61. The van der Waals surface area contributed by atoms with Crippen LogP contribution in [0.15, 0.2) is 52.0 Å². The molecule has 1 aromatic heterocycles. The van der Waals surface area contributed by atoms with Gasteiger partial charge in [0.1, 0.15) is 5.58 Å². The third-order valence-corrected chi connectivity index (χ3v) is 3.61. The lowest BCUT2D eigenvalue weighted by Crippen LogP contribution is -2.17. The standard InChI is InChI=1S/C17H13N3O5/c1-10-12-4-2-3-5-15(12)25-16(10)17(22)19-18-9-11-6-7-14(21)13(8-11)20(23)24/h2-9,21H,1H3,(H,19,22)/p-1/b18-9-. The van der Waals surface area contributed by atoms with E-state index in [1.54, 1.807) is 19.1 Å². The van der Waals surface area contributed by atoms with Crippen molar-refractivity contribution in [3.8, 4) is 5.75 Å². The fraction of sp³-hybridized carbons (Fsp3) is 0.0588. The van der Waals surface area contributed by atoms with Gasteiger partial charge in [0.05, 0.1) is 11.1 Å². The van der Waals surface area contributed by atoms with Crippen LogP contribution in [0.2, 0.25) is 0 Å². The summed E-state index contributed by atoms with van der Waals surface area (Å²) in [7, 11) is 0.